The predicted octanol–water partition coefficient (Wildman–Crippen LogP) is 2.38. The summed E-state index contributed by atoms with van der Waals surface area (Å²) in [4.78, 5) is 0. The zero-order valence-electron chi connectivity index (χ0n) is 8.58. The zero-order valence-corrected chi connectivity index (χ0v) is 9.33. The molecule has 82 valence electrons. The Labute approximate surface area is 94.8 Å². The molecule has 1 saturated heterocycles. The molecule has 2 rings (SSSR count). The van der Waals surface area contributed by atoms with E-state index in [0.29, 0.717) is 12.3 Å². The summed E-state index contributed by atoms with van der Waals surface area (Å²) in [6.45, 7) is 1.78. The largest absolute Gasteiger partial charge is 0.396 e. The number of aliphatic hydroxyl groups is 1. The van der Waals surface area contributed by atoms with Crippen molar-refractivity contribution in [1.29, 1.82) is 0 Å². The van der Waals surface area contributed by atoms with Gasteiger partial charge in [-0.3, -0.25) is 0 Å². The van der Waals surface area contributed by atoms with Crippen molar-refractivity contribution in [1.82, 2.24) is 0 Å². The fraction of sp³-hybridized carbons (Fsp3) is 0.500. The Bertz CT molecular complexity index is 332. The van der Waals surface area contributed by atoms with Gasteiger partial charge >= 0.3 is 0 Å². The lowest BCUT2D eigenvalue weighted by Crippen LogP contribution is -2.00. The van der Waals surface area contributed by atoms with Gasteiger partial charge in [0.05, 0.1) is 6.61 Å². The van der Waals surface area contributed by atoms with Crippen molar-refractivity contribution < 1.29 is 9.84 Å². The summed E-state index contributed by atoms with van der Waals surface area (Å²) in [6.07, 6.45) is 1.72. The maximum absolute atomic E-state index is 8.83. The van der Waals surface area contributed by atoms with E-state index in [9.17, 15) is 0 Å². The Balaban J connectivity index is 2.18. The highest BCUT2D eigenvalue weighted by molar-refractivity contribution is 6.31. The second kappa shape index (κ2) is 4.97. The maximum atomic E-state index is 8.83. The van der Waals surface area contributed by atoms with Crippen molar-refractivity contribution in [3.63, 3.8) is 0 Å². The topological polar surface area (TPSA) is 29.5 Å². The van der Waals surface area contributed by atoms with Gasteiger partial charge in [0.2, 0.25) is 0 Å². The number of benzene rings is 1. The molecule has 1 fully saturated rings. The van der Waals surface area contributed by atoms with Crippen molar-refractivity contribution >= 4 is 11.6 Å². The van der Waals surface area contributed by atoms with Crippen LogP contribution in [0.25, 0.3) is 0 Å². The van der Waals surface area contributed by atoms with Crippen LogP contribution >= 0.6 is 11.6 Å². The number of hydrogen-bond acceptors (Lipinski definition) is 2. The molecule has 1 heterocycles. The fourth-order valence-corrected chi connectivity index (χ4v) is 2.32. The predicted molar refractivity (Wildman–Crippen MR) is 60.4 cm³/mol. The molecule has 1 aromatic rings. The van der Waals surface area contributed by atoms with Crippen molar-refractivity contribution in [3.05, 3.63) is 34.3 Å². The molecule has 2 nitrogen and oxygen atoms in total. The van der Waals surface area contributed by atoms with Crippen LogP contribution in [0.15, 0.2) is 18.2 Å². The molecule has 1 N–H and O–H groups in total. The van der Waals surface area contributed by atoms with Crippen LogP contribution in [0.4, 0.5) is 0 Å². The van der Waals surface area contributed by atoms with Crippen molar-refractivity contribution in [2.75, 3.05) is 19.8 Å². The van der Waals surface area contributed by atoms with Gasteiger partial charge in [-0.1, -0.05) is 23.7 Å². The van der Waals surface area contributed by atoms with E-state index < -0.39 is 0 Å². The quantitative estimate of drug-likeness (QED) is 0.858. The van der Waals surface area contributed by atoms with Crippen LogP contribution in [-0.2, 0) is 11.2 Å². The first-order valence-corrected chi connectivity index (χ1v) is 5.66. The van der Waals surface area contributed by atoms with E-state index in [1.165, 1.54) is 5.56 Å². The fourth-order valence-electron chi connectivity index (χ4n) is 1.97. The summed E-state index contributed by atoms with van der Waals surface area (Å²) in [6, 6.07) is 6.05. The molecule has 3 heteroatoms. The van der Waals surface area contributed by atoms with Crippen molar-refractivity contribution in [2.24, 2.45) is 0 Å². The van der Waals surface area contributed by atoms with Gasteiger partial charge < -0.3 is 9.84 Å². The van der Waals surface area contributed by atoms with E-state index >= 15 is 0 Å². The molecule has 0 aliphatic carbocycles. The summed E-state index contributed by atoms with van der Waals surface area (Å²) < 4.78 is 5.35. The van der Waals surface area contributed by atoms with Gasteiger partial charge in [-0.2, -0.15) is 0 Å². The van der Waals surface area contributed by atoms with Crippen LogP contribution in [-0.4, -0.2) is 24.9 Å². The third-order valence-electron chi connectivity index (χ3n) is 2.83. The van der Waals surface area contributed by atoms with E-state index in [1.54, 1.807) is 0 Å². The van der Waals surface area contributed by atoms with Gasteiger partial charge in [0, 0.05) is 24.2 Å². The van der Waals surface area contributed by atoms with Crippen molar-refractivity contribution in [3.8, 4) is 0 Å². The number of hydrogen-bond donors (Lipinski definition) is 1. The molecule has 0 saturated carbocycles. The Morgan fingerprint density at radius 3 is 2.93 bits per heavy atom. The van der Waals surface area contributed by atoms with Crippen LogP contribution in [0.2, 0.25) is 5.02 Å². The van der Waals surface area contributed by atoms with Crippen LogP contribution in [0.3, 0.4) is 0 Å². The smallest absolute Gasteiger partial charge is 0.0536 e. The zero-order chi connectivity index (χ0) is 10.7. The third kappa shape index (κ3) is 2.51. The Kier molecular flexibility index (Phi) is 3.62. The van der Waals surface area contributed by atoms with E-state index in [0.717, 1.165) is 30.2 Å². The Morgan fingerprint density at radius 2 is 2.33 bits per heavy atom. The average Bonchev–Trinajstić information content (AvgIpc) is 2.71. The van der Waals surface area contributed by atoms with Gasteiger partial charge in [-0.05, 0) is 30.0 Å². The van der Waals surface area contributed by atoms with E-state index in [1.807, 2.05) is 12.1 Å². The van der Waals surface area contributed by atoms with Gasteiger partial charge in [-0.25, -0.2) is 0 Å². The van der Waals surface area contributed by atoms with Gasteiger partial charge in [0.25, 0.3) is 0 Å². The number of ether oxygens (including phenoxy) is 1. The molecular weight excluding hydrogens is 212 g/mol. The number of halogens is 1. The van der Waals surface area contributed by atoms with Crippen LogP contribution in [0, 0.1) is 0 Å². The van der Waals surface area contributed by atoms with E-state index in [4.69, 9.17) is 21.4 Å². The first-order valence-electron chi connectivity index (χ1n) is 5.28. The highest BCUT2D eigenvalue weighted by atomic mass is 35.5. The highest BCUT2D eigenvalue weighted by Crippen LogP contribution is 2.31. The monoisotopic (exact) mass is 226 g/mol. The molecule has 1 aliphatic rings. The third-order valence-corrected chi connectivity index (χ3v) is 3.16. The first-order chi connectivity index (χ1) is 7.31. The molecule has 1 aromatic carbocycles. The molecule has 1 atom stereocenters. The van der Waals surface area contributed by atoms with Gasteiger partial charge in [-0.15, -0.1) is 0 Å². The highest BCUT2D eigenvalue weighted by Gasteiger charge is 2.19. The van der Waals surface area contributed by atoms with Crippen LogP contribution in [0.1, 0.15) is 23.5 Å². The number of rotatable bonds is 3. The minimum absolute atomic E-state index is 0.169. The number of aliphatic hydroxyl groups excluding tert-OH is 1. The first kappa shape index (κ1) is 10.9. The molecule has 1 unspecified atom stereocenters. The summed E-state index contributed by atoms with van der Waals surface area (Å²) in [7, 11) is 0. The second-order valence-corrected chi connectivity index (χ2v) is 4.30. The molecular formula is C12H15ClO2. The van der Waals surface area contributed by atoms with E-state index in [-0.39, 0.29) is 6.61 Å². The van der Waals surface area contributed by atoms with Crippen molar-refractivity contribution in [2.45, 2.75) is 18.8 Å². The summed E-state index contributed by atoms with van der Waals surface area (Å²) in [5.74, 6) is 0.445. The normalized spacial score (nSPS) is 20.8. The average molecular weight is 227 g/mol. The summed E-state index contributed by atoms with van der Waals surface area (Å²) >= 11 is 6.21. The van der Waals surface area contributed by atoms with Crippen LogP contribution < -0.4 is 0 Å². The molecule has 0 aromatic heterocycles. The standard InChI is InChI=1S/C12H15ClO2/c13-12-7-9(3-5-14)1-2-11(12)10-4-6-15-8-10/h1-2,7,10,14H,3-6,8H2. The minimum Gasteiger partial charge on any atom is -0.396 e. The van der Waals surface area contributed by atoms with Crippen LogP contribution in [0.5, 0.6) is 0 Å². The molecule has 15 heavy (non-hydrogen) atoms. The molecule has 0 radical (unpaired) electrons. The second-order valence-electron chi connectivity index (χ2n) is 3.89. The SMILES string of the molecule is OCCc1ccc(C2CCOC2)c(Cl)c1. The summed E-state index contributed by atoms with van der Waals surface area (Å²) in [5.41, 5.74) is 2.26. The summed E-state index contributed by atoms with van der Waals surface area (Å²) in [5, 5.41) is 9.63. The Morgan fingerprint density at radius 1 is 1.47 bits per heavy atom. The minimum atomic E-state index is 0.169. The molecule has 1 aliphatic heterocycles. The molecule has 0 bridgehead atoms. The van der Waals surface area contributed by atoms with Gasteiger partial charge in [0.1, 0.15) is 0 Å². The lowest BCUT2D eigenvalue weighted by molar-refractivity contribution is 0.194. The molecule has 0 spiro atoms. The lowest BCUT2D eigenvalue weighted by atomic mass is 9.97. The Hall–Kier alpha value is -0.570. The molecule has 0 amide bonds. The van der Waals surface area contributed by atoms with Gasteiger partial charge in [0.15, 0.2) is 0 Å². The lowest BCUT2D eigenvalue weighted by Gasteiger charge is -2.11. The van der Waals surface area contributed by atoms with E-state index in [2.05, 4.69) is 6.07 Å². The maximum Gasteiger partial charge on any atom is 0.0536 e.